The fourth-order valence-corrected chi connectivity index (χ4v) is 2.54. The maximum absolute atomic E-state index is 12.4. The molecule has 0 atom stereocenters. The maximum Gasteiger partial charge on any atom is 0.255 e. The van der Waals surface area contributed by atoms with Gasteiger partial charge in [-0.1, -0.05) is 13.8 Å². The fourth-order valence-electron chi connectivity index (χ4n) is 1.63. The molecule has 1 rings (SSSR count). The zero-order chi connectivity index (χ0) is 13.0. The van der Waals surface area contributed by atoms with Gasteiger partial charge in [0.25, 0.3) is 5.91 Å². The molecule has 0 saturated carbocycles. The first-order valence-electron chi connectivity index (χ1n) is 5.70. The SMILES string of the molecule is CCN(CC(C)C)C(=O)c1cc(I)ccc1Br. The molecule has 0 radical (unpaired) electrons. The van der Waals surface area contributed by atoms with Gasteiger partial charge in [-0.25, -0.2) is 0 Å². The van der Waals surface area contributed by atoms with Crippen LogP contribution in [0.1, 0.15) is 31.1 Å². The minimum absolute atomic E-state index is 0.103. The van der Waals surface area contributed by atoms with Gasteiger partial charge in [0, 0.05) is 21.1 Å². The molecule has 94 valence electrons. The molecule has 0 N–H and O–H groups in total. The zero-order valence-electron chi connectivity index (χ0n) is 10.3. The average Bonchev–Trinajstić information content (AvgIpc) is 2.28. The Morgan fingerprint density at radius 1 is 1.47 bits per heavy atom. The van der Waals surface area contributed by atoms with Crippen molar-refractivity contribution in [3.63, 3.8) is 0 Å². The molecule has 0 bridgehead atoms. The predicted octanol–water partition coefficient (Wildman–Crippen LogP) is 4.17. The fraction of sp³-hybridized carbons (Fsp3) is 0.462. The Kier molecular flexibility index (Phi) is 5.92. The van der Waals surface area contributed by atoms with Crippen molar-refractivity contribution in [3.05, 3.63) is 31.8 Å². The summed E-state index contributed by atoms with van der Waals surface area (Å²) in [4.78, 5) is 14.3. The van der Waals surface area contributed by atoms with Crippen molar-refractivity contribution in [2.45, 2.75) is 20.8 Å². The molecular formula is C13H17BrINO. The Hall–Kier alpha value is -0.100. The molecule has 0 aliphatic rings. The van der Waals surface area contributed by atoms with Crippen LogP contribution in [0.15, 0.2) is 22.7 Å². The van der Waals surface area contributed by atoms with Crippen molar-refractivity contribution < 1.29 is 4.79 Å². The Morgan fingerprint density at radius 3 is 2.65 bits per heavy atom. The van der Waals surface area contributed by atoms with Crippen LogP contribution in [0.5, 0.6) is 0 Å². The highest BCUT2D eigenvalue weighted by Crippen LogP contribution is 2.21. The van der Waals surface area contributed by atoms with Crippen molar-refractivity contribution in [1.29, 1.82) is 0 Å². The largest absolute Gasteiger partial charge is 0.339 e. The Labute approximate surface area is 125 Å². The van der Waals surface area contributed by atoms with Gasteiger partial charge in [0.05, 0.1) is 5.56 Å². The van der Waals surface area contributed by atoms with E-state index in [0.29, 0.717) is 5.92 Å². The smallest absolute Gasteiger partial charge is 0.255 e. The number of hydrogen-bond donors (Lipinski definition) is 0. The zero-order valence-corrected chi connectivity index (χ0v) is 14.1. The third-order valence-electron chi connectivity index (χ3n) is 2.41. The normalized spacial score (nSPS) is 10.7. The number of amides is 1. The van der Waals surface area contributed by atoms with E-state index in [1.54, 1.807) is 0 Å². The van der Waals surface area contributed by atoms with Crippen LogP contribution in [0.4, 0.5) is 0 Å². The summed E-state index contributed by atoms with van der Waals surface area (Å²) in [5, 5.41) is 0. The van der Waals surface area contributed by atoms with Gasteiger partial charge >= 0.3 is 0 Å². The minimum atomic E-state index is 0.103. The van der Waals surface area contributed by atoms with E-state index in [9.17, 15) is 4.79 Å². The summed E-state index contributed by atoms with van der Waals surface area (Å²) in [5.41, 5.74) is 0.749. The minimum Gasteiger partial charge on any atom is -0.339 e. The van der Waals surface area contributed by atoms with Crippen molar-refractivity contribution >= 4 is 44.4 Å². The Bertz CT molecular complexity index is 406. The first-order chi connectivity index (χ1) is 7.95. The van der Waals surface area contributed by atoms with E-state index in [1.165, 1.54) is 0 Å². The molecule has 0 unspecified atom stereocenters. The number of carbonyl (C=O) groups excluding carboxylic acids is 1. The summed E-state index contributed by atoms with van der Waals surface area (Å²) in [7, 11) is 0. The summed E-state index contributed by atoms with van der Waals surface area (Å²) in [6, 6.07) is 5.84. The first-order valence-corrected chi connectivity index (χ1v) is 7.57. The lowest BCUT2D eigenvalue weighted by Gasteiger charge is -2.23. The van der Waals surface area contributed by atoms with Gasteiger partial charge in [-0.15, -0.1) is 0 Å². The molecule has 0 heterocycles. The number of hydrogen-bond acceptors (Lipinski definition) is 1. The van der Waals surface area contributed by atoms with Crippen molar-refractivity contribution in [2.75, 3.05) is 13.1 Å². The van der Waals surface area contributed by atoms with Crippen molar-refractivity contribution in [3.8, 4) is 0 Å². The van der Waals surface area contributed by atoms with Gasteiger partial charge in [-0.05, 0) is 69.6 Å². The van der Waals surface area contributed by atoms with Gasteiger partial charge < -0.3 is 4.90 Å². The van der Waals surface area contributed by atoms with Crippen LogP contribution in [-0.4, -0.2) is 23.9 Å². The molecule has 1 amide bonds. The van der Waals surface area contributed by atoms with Crippen LogP contribution in [0.3, 0.4) is 0 Å². The van der Waals surface area contributed by atoms with E-state index in [4.69, 9.17) is 0 Å². The first kappa shape index (κ1) is 15.0. The highest BCUT2D eigenvalue weighted by atomic mass is 127. The highest BCUT2D eigenvalue weighted by Gasteiger charge is 2.17. The molecule has 0 aliphatic heterocycles. The number of carbonyl (C=O) groups is 1. The van der Waals surface area contributed by atoms with Gasteiger partial charge in [-0.3, -0.25) is 4.79 Å². The third kappa shape index (κ3) is 4.25. The summed E-state index contributed by atoms with van der Waals surface area (Å²) in [6.07, 6.45) is 0. The molecule has 1 aromatic carbocycles. The monoisotopic (exact) mass is 409 g/mol. The van der Waals surface area contributed by atoms with E-state index < -0.39 is 0 Å². The maximum atomic E-state index is 12.4. The van der Waals surface area contributed by atoms with Crippen molar-refractivity contribution in [1.82, 2.24) is 4.90 Å². The molecule has 2 nitrogen and oxygen atoms in total. The van der Waals surface area contributed by atoms with Crippen LogP contribution in [0, 0.1) is 9.49 Å². The molecule has 0 aliphatic carbocycles. The topological polar surface area (TPSA) is 20.3 Å². The van der Waals surface area contributed by atoms with Crippen LogP contribution in [-0.2, 0) is 0 Å². The van der Waals surface area contributed by atoms with E-state index in [1.807, 2.05) is 30.0 Å². The van der Waals surface area contributed by atoms with Crippen LogP contribution >= 0.6 is 38.5 Å². The van der Waals surface area contributed by atoms with Gasteiger partial charge in [-0.2, -0.15) is 0 Å². The highest BCUT2D eigenvalue weighted by molar-refractivity contribution is 14.1. The van der Waals surface area contributed by atoms with Crippen LogP contribution in [0.2, 0.25) is 0 Å². The van der Waals surface area contributed by atoms with E-state index in [-0.39, 0.29) is 5.91 Å². The third-order valence-corrected chi connectivity index (χ3v) is 3.78. The van der Waals surface area contributed by atoms with E-state index >= 15 is 0 Å². The molecule has 0 saturated heterocycles. The molecule has 0 aromatic heterocycles. The molecule has 0 fully saturated rings. The van der Waals surface area contributed by atoms with Crippen LogP contribution < -0.4 is 0 Å². The van der Waals surface area contributed by atoms with Gasteiger partial charge in [0.1, 0.15) is 0 Å². The van der Waals surface area contributed by atoms with E-state index in [2.05, 4.69) is 52.4 Å². The summed E-state index contributed by atoms with van der Waals surface area (Å²) >= 11 is 5.67. The summed E-state index contributed by atoms with van der Waals surface area (Å²) < 4.78 is 1.94. The number of rotatable bonds is 4. The lowest BCUT2D eigenvalue weighted by Crippen LogP contribution is -2.34. The average molecular weight is 410 g/mol. The van der Waals surface area contributed by atoms with E-state index in [0.717, 1.165) is 26.7 Å². The summed E-state index contributed by atoms with van der Waals surface area (Å²) in [6.45, 7) is 7.81. The van der Waals surface area contributed by atoms with Crippen LogP contribution in [0.25, 0.3) is 0 Å². The lowest BCUT2D eigenvalue weighted by atomic mass is 10.1. The Balaban J connectivity index is 2.97. The quantitative estimate of drug-likeness (QED) is 0.683. The molecular weight excluding hydrogens is 393 g/mol. The number of nitrogens with zero attached hydrogens (tertiary/aromatic N) is 1. The lowest BCUT2D eigenvalue weighted by molar-refractivity contribution is 0.0745. The molecule has 17 heavy (non-hydrogen) atoms. The standard InChI is InChI=1S/C13H17BrINO/c1-4-16(8-9(2)3)13(17)11-7-10(15)5-6-12(11)14/h5-7,9H,4,8H2,1-3H3. The number of halogens is 2. The van der Waals surface area contributed by atoms with Crippen molar-refractivity contribution in [2.24, 2.45) is 5.92 Å². The second-order valence-corrected chi connectivity index (χ2v) is 6.46. The molecule has 0 spiro atoms. The van der Waals surface area contributed by atoms with Gasteiger partial charge in [0.2, 0.25) is 0 Å². The van der Waals surface area contributed by atoms with Gasteiger partial charge in [0.15, 0.2) is 0 Å². The Morgan fingerprint density at radius 2 is 2.12 bits per heavy atom. The number of benzene rings is 1. The molecule has 1 aromatic rings. The summed E-state index contributed by atoms with van der Waals surface area (Å²) in [5.74, 6) is 0.590. The predicted molar refractivity (Wildman–Crippen MR) is 83.3 cm³/mol. The second-order valence-electron chi connectivity index (χ2n) is 4.36. The second kappa shape index (κ2) is 6.73. The molecule has 4 heteroatoms.